The van der Waals surface area contributed by atoms with E-state index in [0.717, 1.165) is 12.8 Å². The minimum Gasteiger partial charge on any atom is -0.434 e. The molecule has 0 saturated carbocycles. The molecular weight excluding hydrogens is 278 g/mol. The predicted molar refractivity (Wildman–Crippen MR) is 75.4 cm³/mol. The minimum atomic E-state index is -2.95. The second-order valence-electron chi connectivity index (χ2n) is 5.30. The monoisotopic (exact) mass is 298 g/mol. The summed E-state index contributed by atoms with van der Waals surface area (Å²) in [6, 6.07) is 6.02. The molecule has 0 bridgehead atoms. The molecule has 0 aromatic heterocycles. The number of benzene rings is 1. The Bertz CT molecular complexity index is 496. The highest BCUT2D eigenvalue weighted by Gasteiger charge is 2.32. The Morgan fingerprint density at radius 2 is 2.19 bits per heavy atom. The lowest BCUT2D eigenvalue weighted by atomic mass is 9.90. The van der Waals surface area contributed by atoms with E-state index in [0.29, 0.717) is 19.0 Å². The highest BCUT2D eigenvalue weighted by atomic mass is 19.3. The Labute approximate surface area is 122 Å². The third-order valence-electron chi connectivity index (χ3n) is 3.95. The van der Waals surface area contributed by atoms with Crippen LogP contribution in [-0.4, -0.2) is 36.5 Å². The molecule has 0 radical (unpaired) electrons. The number of ether oxygens (including phenoxy) is 1. The third-order valence-corrected chi connectivity index (χ3v) is 3.95. The number of piperidine rings is 1. The normalized spacial score (nSPS) is 22.4. The molecule has 1 aliphatic rings. The van der Waals surface area contributed by atoms with E-state index >= 15 is 0 Å². The molecule has 116 valence electrons. The van der Waals surface area contributed by atoms with Crippen LogP contribution in [0.1, 0.15) is 30.1 Å². The summed E-state index contributed by atoms with van der Waals surface area (Å²) in [7, 11) is 0. The summed E-state index contributed by atoms with van der Waals surface area (Å²) in [5.41, 5.74) is 5.93. The summed E-state index contributed by atoms with van der Waals surface area (Å²) in [5, 5.41) is 0. The van der Waals surface area contributed by atoms with Crippen molar-refractivity contribution in [1.82, 2.24) is 4.90 Å². The van der Waals surface area contributed by atoms with Gasteiger partial charge in [0.1, 0.15) is 5.75 Å². The topological polar surface area (TPSA) is 55.6 Å². The van der Waals surface area contributed by atoms with Gasteiger partial charge in [-0.2, -0.15) is 8.78 Å². The van der Waals surface area contributed by atoms with Gasteiger partial charge in [-0.3, -0.25) is 4.79 Å². The van der Waals surface area contributed by atoms with Crippen LogP contribution in [0.15, 0.2) is 24.3 Å². The number of para-hydroxylation sites is 1. The number of nitrogens with zero attached hydrogens (tertiary/aromatic N) is 1. The number of hydrogen-bond donors (Lipinski definition) is 1. The molecule has 21 heavy (non-hydrogen) atoms. The predicted octanol–water partition coefficient (Wildman–Crippen LogP) is 2.49. The number of carbonyl (C=O) groups is 1. The molecule has 1 amide bonds. The van der Waals surface area contributed by atoms with Crippen LogP contribution in [0.3, 0.4) is 0 Å². The molecule has 2 N–H and O–H groups in total. The largest absolute Gasteiger partial charge is 0.434 e. The maximum absolute atomic E-state index is 12.7. The zero-order valence-corrected chi connectivity index (χ0v) is 12.0. The fourth-order valence-electron chi connectivity index (χ4n) is 2.86. The molecule has 2 atom stereocenters. The van der Waals surface area contributed by atoms with E-state index in [1.807, 2.05) is 0 Å². The van der Waals surface area contributed by atoms with Gasteiger partial charge in [-0.15, -0.1) is 0 Å². The standard InChI is InChI=1S/C15H20F2N2O2/c1-10-5-4-8-19(12(10)9-18)14(20)11-6-2-3-7-13(11)21-15(16)17/h2-3,6-7,10,12,15H,4-5,8-9,18H2,1H3. The van der Waals surface area contributed by atoms with Gasteiger partial charge in [0.05, 0.1) is 5.56 Å². The van der Waals surface area contributed by atoms with Gasteiger partial charge in [-0.1, -0.05) is 19.1 Å². The smallest absolute Gasteiger partial charge is 0.387 e. The maximum atomic E-state index is 12.7. The highest BCUT2D eigenvalue weighted by Crippen LogP contribution is 2.28. The van der Waals surface area contributed by atoms with Crippen LogP contribution in [-0.2, 0) is 0 Å². The molecule has 1 aliphatic heterocycles. The van der Waals surface area contributed by atoms with Crippen molar-refractivity contribution in [3.05, 3.63) is 29.8 Å². The average Bonchev–Trinajstić information content (AvgIpc) is 2.46. The quantitative estimate of drug-likeness (QED) is 0.929. The number of rotatable bonds is 4. The molecule has 1 heterocycles. The minimum absolute atomic E-state index is 0.0640. The number of nitrogens with two attached hydrogens (primary N) is 1. The van der Waals surface area contributed by atoms with Gasteiger partial charge in [-0.25, -0.2) is 0 Å². The van der Waals surface area contributed by atoms with Crippen molar-refractivity contribution >= 4 is 5.91 Å². The van der Waals surface area contributed by atoms with Crippen molar-refractivity contribution in [3.63, 3.8) is 0 Å². The van der Waals surface area contributed by atoms with Crippen molar-refractivity contribution in [1.29, 1.82) is 0 Å². The van der Waals surface area contributed by atoms with Crippen molar-refractivity contribution in [2.45, 2.75) is 32.4 Å². The Balaban J connectivity index is 2.26. The first-order valence-corrected chi connectivity index (χ1v) is 7.09. The van der Waals surface area contributed by atoms with Crippen molar-refractivity contribution < 1.29 is 18.3 Å². The highest BCUT2D eigenvalue weighted by molar-refractivity contribution is 5.97. The fraction of sp³-hybridized carbons (Fsp3) is 0.533. The van der Waals surface area contributed by atoms with Crippen molar-refractivity contribution in [2.75, 3.05) is 13.1 Å². The van der Waals surface area contributed by atoms with Gasteiger partial charge in [0.25, 0.3) is 5.91 Å². The SMILES string of the molecule is CC1CCCN(C(=O)c2ccccc2OC(F)F)C1CN. The van der Waals surface area contributed by atoms with Crippen LogP contribution in [0.2, 0.25) is 0 Å². The van der Waals surface area contributed by atoms with Crippen LogP contribution < -0.4 is 10.5 Å². The third kappa shape index (κ3) is 3.50. The number of alkyl halides is 2. The Kier molecular flexibility index (Phi) is 5.12. The van der Waals surface area contributed by atoms with Gasteiger partial charge in [0.15, 0.2) is 0 Å². The van der Waals surface area contributed by atoms with Gasteiger partial charge < -0.3 is 15.4 Å². The van der Waals surface area contributed by atoms with Crippen LogP contribution in [0.25, 0.3) is 0 Å². The Morgan fingerprint density at radius 1 is 1.48 bits per heavy atom. The van der Waals surface area contributed by atoms with Gasteiger partial charge >= 0.3 is 6.61 Å². The van der Waals surface area contributed by atoms with E-state index in [1.54, 1.807) is 17.0 Å². The first-order chi connectivity index (χ1) is 10.0. The summed E-state index contributed by atoms with van der Waals surface area (Å²) >= 11 is 0. The van der Waals surface area contributed by atoms with Gasteiger partial charge in [0.2, 0.25) is 0 Å². The molecule has 1 aromatic rings. The number of likely N-dealkylation sites (tertiary alicyclic amines) is 1. The number of amides is 1. The zero-order chi connectivity index (χ0) is 15.4. The van der Waals surface area contributed by atoms with Crippen LogP contribution in [0.5, 0.6) is 5.75 Å². The first-order valence-electron chi connectivity index (χ1n) is 7.09. The molecule has 0 aliphatic carbocycles. The molecule has 1 aromatic carbocycles. The number of hydrogen-bond acceptors (Lipinski definition) is 3. The lowest BCUT2D eigenvalue weighted by molar-refractivity contribution is -0.0503. The van der Waals surface area contributed by atoms with Gasteiger partial charge in [-0.05, 0) is 30.9 Å². The van der Waals surface area contributed by atoms with Gasteiger partial charge in [0, 0.05) is 19.1 Å². The van der Waals surface area contributed by atoms with E-state index in [1.165, 1.54) is 12.1 Å². The maximum Gasteiger partial charge on any atom is 0.387 e. The van der Waals surface area contributed by atoms with Crippen molar-refractivity contribution in [2.24, 2.45) is 11.7 Å². The van der Waals surface area contributed by atoms with Crippen LogP contribution in [0, 0.1) is 5.92 Å². The van der Waals surface area contributed by atoms with Crippen LogP contribution in [0.4, 0.5) is 8.78 Å². The van der Waals surface area contributed by atoms with E-state index in [9.17, 15) is 13.6 Å². The summed E-state index contributed by atoms with van der Waals surface area (Å²) in [6.07, 6.45) is 1.90. The van der Waals surface area contributed by atoms with Crippen LogP contribution >= 0.6 is 0 Å². The summed E-state index contributed by atoms with van der Waals surface area (Å²) in [6.45, 7) is 0.0571. The molecule has 2 unspecified atom stereocenters. The summed E-state index contributed by atoms with van der Waals surface area (Å²) in [5.74, 6) is -0.0874. The lowest BCUT2D eigenvalue weighted by Crippen LogP contribution is -2.51. The molecule has 6 heteroatoms. The second kappa shape index (κ2) is 6.85. The molecule has 4 nitrogen and oxygen atoms in total. The summed E-state index contributed by atoms with van der Waals surface area (Å²) < 4.78 is 29.3. The van der Waals surface area contributed by atoms with Crippen molar-refractivity contribution in [3.8, 4) is 5.75 Å². The van der Waals surface area contributed by atoms with E-state index < -0.39 is 6.61 Å². The first kappa shape index (κ1) is 15.7. The molecule has 2 rings (SSSR count). The second-order valence-corrected chi connectivity index (χ2v) is 5.30. The fourth-order valence-corrected chi connectivity index (χ4v) is 2.86. The number of halogens is 2. The number of carbonyl (C=O) groups excluding carboxylic acids is 1. The Morgan fingerprint density at radius 3 is 2.86 bits per heavy atom. The Hall–Kier alpha value is -1.69. The lowest BCUT2D eigenvalue weighted by Gasteiger charge is -2.39. The zero-order valence-electron chi connectivity index (χ0n) is 12.0. The summed E-state index contributed by atoms with van der Waals surface area (Å²) in [4.78, 5) is 14.3. The molecule has 1 saturated heterocycles. The van der Waals surface area contributed by atoms with E-state index in [4.69, 9.17) is 5.73 Å². The molecule has 1 fully saturated rings. The average molecular weight is 298 g/mol. The van der Waals surface area contributed by atoms with E-state index in [-0.39, 0.29) is 23.3 Å². The van der Waals surface area contributed by atoms with E-state index in [2.05, 4.69) is 11.7 Å². The molecule has 0 spiro atoms. The molecular formula is C15H20F2N2O2.